The quantitative estimate of drug-likeness (QED) is 0.164. The van der Waals surface area contributed by atoms with Gasteiger partial charge < -0.3 is 19.8 Å². The number of nitrogens with one attached hydrogen (secondary N) is 4. The monoisotopic (exact) mass is 619 g/mol. The van der Waals surface area contributed by atoms with Crippen LogP contribution in [0.1, 0.15) is 37.3 Å². The molecule has 2 atom stereocenters. The van der Waals surface area contributed by atoms with Gasteiger partial charge in [-0.2, -0.15) is 0 Å². The summed E-state index contributed by atoms with van der Waals surface area (Å²) in [6, 6.07) is 20.1. The SMILES string of the molecule is CCCCS(=O)(=O)N[C@@H](Cc1ccc2c(c1)NC(=O)C(CC(=O)Nc1nc3ccccc3[nH]1)O2)C(=O)OCc1ccccc1. The summed E-state index contributed by atoms with van der Waals surface area (Å²) in [5.41, 5.74) is 3.13. The zero-order valence-electron chi connectivity index (χ0n) is 24.0. The third-order valence-electron chi connectivity index (χ3n) is 6.92. The summed E-state index contributed by atoms with van der Waals surface area (Å²) in [4.78, 5) is 45.8. The van der Waals surface area contributed by atoms with Crippen LogP contribution in [0.2, 0.25) is 0 Å². The highest BCUT2D eigenvalue weighted by molar-refractivity contribution is 7.89. The molecule has 2 heterocycles. The second kappa shape index (κ2) is 13.7. The van der Waals surface area contributed by atoms with Crippen molar-refractivity contribution in [3.63, 3.8) is 0 Å². The molecule has 0 saturated heterocycles. The number of hydrogen-bond donors (Lipinski definition) is 4. The maximum atomic E-state index is 13.1. The second-order valence-corrected chi connectivity index (χ2v) is 12.3. The van der Waals surface area contributed by atoms with E-state index in [1.165, 1.54) is 0 Å². The summed E-state index contributed by atoms with van der Waals surface area (Å²) >= 11 is 0. The van der Waals surface area contributed by atoms with E-state index < -0.39 is 40.0 Å². The Balaban J connectivity index is 1.24. The normalized spacial score (nSPS) is 15.1. The lowest BCUT2D eigenvalue weighted by Crippen LogP contribution is -2.44. The van der Waals surface area contributed by atoms with Crippen LogP contribution in [-0.4, -0.2) is 54.1 Å². The molecule has 4 N–H and O–H groups in total. The van der Waals surface area contributed by atoms with Crippen molar-refractivity contribution in [2.45, 2.75) is 51.4 Å². The Morgan fingerprint density at radius 3 is 2.59 bits per heavy atom. The first kappa shape index (κ1) is 30.7. The van der Waals surface area contributed by atoms with Crippen molar-refractivity contribution in [3.8, 4) is 5.75 Å². The second-order valence-electron chi connectivity index (χ2n) is 10.4. The number of nitrogens with zero attached hydrogens (tertiary/aromatic N) is 1. The fraction of sp³-hybridized carbons (Fsp3) is 0.290. The number of benzene rings is 3. The Morgan fingerprint density at radius 1 is 1.05 bits per heavy atom. The van der Waals surface area contributed by atoms with Crippen LogP contribution in [-0.2, 0) is 42.2 Å². The van der Waals surface area contributed by atoms with Crippen LogP contribution in [0.3, 0.4) is 0 Å². The standard InChI is InChI=1S/C31H33N5O7S/c1-2-3-15-44(40,41)36-25(30(39)42-19-20-9-5-4-6-10-20)17-21-13-14-26-24(16-21)32-29(38)27(43-26)18-28(37)35-31-33-22-11-7-8-12-23(22)34-31/h4-14,16,25,27,36H,2-3,15,17-19H2,1H3,(H,32,38)(H2,33,34,35,37)/t25-,27?/m0/s1. The molecule has 0 fully saturated rings. The van der Waals surface area contributed by atoms with Gasteiger partial charge in [-0.25, -0.2) is 18.1 Å². The number of esters is 1. The van der Waals surface area contributed by atoms with Gasteiger partial charge in [-0.1, -0.05) is 61.9 Å². The summed E-state index contributed by atoms with van der Waals surface area (Å²) in [5, 5.41) is 5.40. The molecule has 0 radical (unpaired) electrons. The molecule has 12 nitrogen and oxygen atoms in total. The number of unbranched alkanes of at least 4 members (excludes halogenated alkanes) is 1. The van der Waals surface area contributed by atoms with E-state index in [0.29, 0.717) is 35.4 Å². The summed E-state index contributed by atoms with van der Waals surface area (Å²) in [5.74, 6) is -1.22. The number of hydrogen-bond acceptors (Lipinski definition) is 8. The van der Waals surface area contributed by atoms with E-state index in [0.717, 1.165) is 11.1 Å². The first-order valence-corrected chi connectivity index (χ1v) is 15.9. The van der Waals surface area contributed by atoms with E-state index in [1.54, 1.807) is 30.3 Å². The van der Waals surface area contributed by atoms with Crippen LogP contribution in [0.25, 0.3) is 11.0 Å². The van der Waals surface area contributed by atoms with Crippen LogP contribution in [0.15, 0.2) is 72.8 Å². The number of sulfonamides is 1. The van der Waals surface area contributed by atoms with Crippen molar-refractivity contribution < 1.29 is 32.3 Å². The highest BCUT2D eigenvalue weighted by atomic mass is 32.2. The molecule has 0 bridgehead atoms. The number of amides is 2. The van der Waals surface area contributed by atoms with Gasteiger partial charge in [-0.15, -0.1) is 0 Å². The molecule has 4 aromatic rings. The maximum Gasteiger partial charge on any atom is 0.324 e. The average Bonchev–Trinajstić information content (AvgIpc) is 3.41. The molecular formula is C31H33N5O7S. The van der Waals surface area contributed by atoms with Crippen LogP contribution in [0.5, 0.6) is 5.75 Å². The maximum absolute atomic E-state index is 13.1. The Kier molecular flexibility index (Phi) is 9.56. The smallest absolute Gasteiger partial charge is 0.324 e. The number of ether oxygens (including phenoxy) is 2. The van der Waals surface area contributed by atoms with Crippen molar-refractivity contribution in [2.75, 3.05) is 16.4 Å². The van der Waals surface area contributed by atoms with Crippen molar-refractivity contribution in [1.29, 1.82) is 0 Å². The van der Waals surface area contributed by atoms with Gasteiger partial charge in [0.2, 0.25) is 21.9 Å². The number of carbonyl (C=O) groups is 3. The number of para-hydroxylation sites is 2. The number of H-pyrrole nitrogens is 1. The molecular weight excluding hydrogens is 586 g/mol. The summed E-state index contributed by atoms with van der Waals surface area (Å²) in [7, 11) is -3.76. The average molecular weight is 620 g/mol. The van der Waals surface area contributed by atoms with Crippen LogP contribution >= 0.6 is 0 Å². The van der Waals surface area contributed by atoms with Gasteiger partial charge in [0.15, 0.2) is 6.10 Å². The van der Waals surface area contributed by atoms with E-state index >= 15 is 0 Å². The Bertz CT molecular complexity index is 1720. The topological polar surface area (TPSA) is 169 Å². The van der Waals surface area contributed by atoms with Gasteiger partial charge in [0.05, 0.1) is 28.9 Å². The Hall–Kier alpha value is -4.75. The molecule has 2 amide bonds. The molecule has 0 saturated carbocycles. The molecule has 1 unspecified atom stereocenters. The summed E-state index contributed by atoms with van der Waals surface area (Å²) < 4.78 is 39.1. The molecule has 1 aromatic heterocycles. The largest absolute Gasteiger partial charge is 0.478 e. The molecule has 3 aromatic carbocycles. The lowest BCUT2D eigenvalue weighted by molar-refractivity contribution is -0.147. The number of aromatic amines is 1. The first-order valence-electron chi connectivity index (χ1n) is 14.2. The Labute approximate surface area is 254 Å². The molecule has 13 heteroatoms. The molecule has 1 aliphatic heterocycles. The first-order chi connectivity index (χ1) is 21.2. The predicted octanol–water partition coefficient (Wildman–Crippen LogP) is 3.67. The molecule has 0 aliphatic carbocycles. The van der Waals surface area contributed by atoms with Gasteiger partial charge in [0, 0.05) is 0 Å². The van der Waals surface area contributed by atoms with Gasteiger partial charge in [0.1, 0.15) is 18.4 Å². The zero-order chi connectivity index (χ0) is 31.1. The number of anilines is 2. The molecule has 1 aliphatic rings. The third kappa shape index (κ3) is 7.99. The van der Waals surface area contributed by atoms with Crippen LogP contribution < -0.4 is 20.1 Å². The molecule has 0 spiro atoms. The minimum atomic E-state index is -3.76. The molecule has 230 valence electrons. The van der Waals surface area contributed by atoms with Crippen molar-refractivity contribution in [1.82, 2.24) is 14.7 Å². The minimum absolute atomic E-state index is 0.00768. The van der Waals surface area contributed by atoms with Gasteiger partial charge in [-0.05, 0) is 48.2 Å². The molecule has 44 heavy (non-hydrogen) atoms. The van der Waals surface area contributed by atoms with Gasteiger partial charge in [0.25, 0.3) is 5.91 Å². The fourth-order valence-electron chi connectivity index (χ4n) is 4.67. The lowest BCUT2D eigenvalue weighted by atomic mass is 10.0. The zero-order valence-corrected chi connectivity index (χ0v) is 24.9. The number of rotatable bonds is 13. The van der Waals surface area contributed by atoms with Crippen molar-refractivity contribution in [2.24, 2.45) is 0 Å². The number of fused-ring (bicyclic) bond motifs is 2. The number of carbonyl (C=O) groups excluding carboxylic acids is 3. The highest BCUT2D eigenvalue weighted by Crippen LogP contribution is 2.32. The van der Waals surface area contributed by atoms with E-state index in [4.69, 9.17) is 9.47 Å². The van der Waals surface area contributed by atoms with Crippen LogP contribution in [0.4, 0.5) is 11.6 Å². The van der Waals surface area contributed by atoms with Crippen LogP contribution in [0, 0.1) is 0 Å². The van der Waals surface area contributed by atoms with E-state index in [2.05, 4.69) is 25.3 Å². The third-order valence-corrected chi connectivity index (χ3v) is 8.39. The molecule has 5 rings (SSSR count). The summed E-state index contributed by atoms with van der Waals surface area (Å²) in [6.45, 7) is 1.87. The Morgan fingerprint density at radius 2 is 1.82 bits per heavy atom. The minimum Gasteiger partial charge on any atom is -0.478 e. The van der Waals surface area contributed by atoms with E-state index in [9.17, 15) is 22.8 Å². The van der Waals surface area contributed by atoms with Crippen molar-refractivity contribution >= 4 is 50.5 Å². The number of imidazole rings is 1. The van der Waals surface area contributed by atoms with Gasteiger partial charge >= 0.3 is 5.97 Å². The fourth-order valence-corrected chi connectivity index (χ4v) is 6.07. The lowest BCUT2D eigenvalue weighted by Gasteiger charge is -2.26. The highest BCUT2D eigenvalue weighted by Gasteiger charge is 2.31. The predicted molar refractivity (Wildman–Crippen MR) is 164 cm³/mol. The van der Waals surface area contributed by atoms with Crippen molar-refractivity contribution in [3.05, 3.63) is 83.9 Å². The van der Waals surface area contributed by atoms with Gasteiger partial charge in [-0.3, -0.25) is 19.7 Å². The summed E-state index contributed by atoms with van der Waals surface area (Å²) in [6.07, 6.45) is -0.230. The van der Waals surface area contributed by atoms with E-state index in [-0.39, 0.29) is 31.1 Å². The van der Waals surface area contributed by atoms with E-state index in [1.807, 2.05) is 49.4 Å². The number of aromatic nitrogens is 2.